The summed E-state index contributed by atoms with van der Waals surface area (Å²) in [5, 5.41) is 11.4. The monoisotopic (exact) mass is 379 g/mol. The van der Waals surface area contributed by atoms with Gasteiger partial charge in [-0.3, -0.25) is 9.69 Å². The standard InChI is InChI=1S/C20H21N5O3/c21-18(26)15-2-1-3-16-17(15)24-19(23-16)13-6-4-12(5-7-13)10-25-9-8-14(11-25)22-20(27)28/h1-7,14,22H,8-11H2,(H2,21,26)(H,23,24)(H,27,28). The predicted molar refractivity (Wildman–Crippen MR) is 105 cm³/mol. The molecule has 1 unspecified atom stereocenters. The van der Waals surface area contributed by atoms with Gasteiger partial charge in [-0.2, -0.15) is 0 Å². The van der Waals surface area contributed by atoms with E-state index in [1.807, 2.05) is 30.3 Å². The van der Waals surface area contributed by atoms with E-state index in [0.717, 1.165) is 36.2 Å². The van der Waals surface area contributed by atoms with Crippen molar-refractivity contribution in [3.05, 3.63) is 53.6 Å². The number of likely N-dealkylation sites (tertiary alicyclic amines) is 1. The number of aromatic nitrogens is 2. The summed E-state index contributed by atoms with van der Waals surface area (Å²) in [4.78, 5) is 32.3. The van der Waals surface area contributed by atoms with Gasteiger partial charge in [0.25, 0.3) is 5.91 Å². The number of aromatic amines is 1. The normalized spacial score (nSPS) is 17.1. The number of benzene rings is 2. The molecule has 0 bridgehead atoms. The van der Waals surface area contributed by atoms with Crippen LogP contribution in [0.2, 0.25) is 0 Å². The highest BCUT2D eigenvalue weighted by atomic mass is 16.4. The summed E-state index contributed by atoms with van der Waals surface area (Å²) < 4.78 is 0. The van der Waals surface area contributed by atoms with Crippen molar-refractivity contribution in [1.29, 1.82) is 0 Å². The number of nitrogens with zero attached hydrogens (tertiary/aromatic N) is 2. The van der Waals surface area contributed by atoms with Gasteiger partial charge in [0.1, 0.15) is 11.3 Å². The van der Waals surface area contributed by atoms with Crippen LogP contribution in [-0.4, -0.2) is 51.1 Å². The average Bonchev–Trinajstić information content (AvgIpc) is 3.28. The third kappa shape index (κ3) is 3.67. The van der Waals surface area contributed by atoms with E-state index in [2.05, 4.69) is 20.2 Å². The van der Waals surface area contributed by atoms with Crippen molar-refractivity contribution in [2.45, 2.75) is 19.0 Å². The molecular formula is C20H21N5O3. The maximum absolute atomic E-state index is 11.6. The minimum atomic E-state index is -0.971. The lowest BCUT2D eigenvalue weighted by atomic mass is 10.1. The molecule has 0 spiro atoms. The Morgan fingerprint density at radius 3 is 2.75 bits per heavy atom. The second-order valence-corrected chi connectivity index (χ2v) is 7.02. The number of imidazole rings is 1. The van der Waals surface area contributed by atoms with Crippen LogP contribution in [0.5, 0.6) is 0 Å². The van der Waals surface area contributed by atoms with E-state index in [9.17, 15) is 9.59 Å². The van der Waals surface area contributed by atoms with Gasteiger partial charge in [0.05, 0.1) is 11.1 Å². The van der Waals surface area contributed by atoms with Gasteiger partial charge in [-0.25, -0.2) is 9.78 Å². The Kier molecular flexibility index (Phi) is 4.70. The molecule has 8 heteroatoms. The molecule has 1 aromatic heterocycles. The van der Waals surface area contributed by atoms with Gasteiger partial charge in [-0.05, 0) is 24.1 Å². The number of nitrogens with two attached hydrogens (primary N) is 1. The topological polar surface area (TPSA) is 124 Å². The number of H-pyrrole nitrogens is 1. The summed E-state index contributed by atoms with van der Waals surface area (Å²) in [6, 6.07) is 13.3. The van der Waals surface area contributed by atoms with Crippen LogP contribution in [0.25, 0.3) is 22.4 Å². The molecule has 2 amide bonds. The molecule has 1 fully saturated rings. The number of carboxylic acid groups (broad SMARTS) is 1. The molecule has 0 saturated carbocycles. The number of para-hydroxylation sites is 1. The predicted octanol–water partition coefficient (Wildman–Crippen LogP) is 2.17. The second-order valence-electron chi connectivity index (χ2n) is 7.02. The highest BCUT2D eigenvalue weighted by Gasteiger charge is 2.23. The molecule has 1 saturated heterocycles. The lowest BCUT2D eigenvalue weighted by Gasteiger charge is -2.16. The third-order valence-electron chi connectivity index (χ3n) is 5.01. The highest BCUT2D eigenvalue weighted by molar-refractivity contribution is 6.04. The van der Waals surface area contributed by atoms with Crippen LogP contribution in [0.15, 0.2) is 42.5 Å². The molecule has 2 heterocycles. The van der Waals surface area contributed by atoms with E-state index in [1.165, 1.54) is 0 Å². The molecule has 0 aliphatic carbocycles. The number of hydrogen-bond donors (Lipinski definition) is 4. The largest absolute Gasteiger partial charge is 0.465 e. The number of nitrogens with one attached hydrogen (secondary N) is 2. The van der Waals surface area contributed by atoms with Crippen LogP contribution in [-0.2, 0) is 6.54 Å². The van der Waals surface area contributed by atoms with Crippen LogP contribution in [0.1, 0.15) is 22.3 Å². The number of rotatable bonds is 5. The average molecular weight is 379 g/mol. The summed E-state index contributed by atoms with van der Waals surface area (Å²) in [5.41, 5.74) is 9.23. The first kappa shape index (κ1) is 18.0. The maximum atomic E-state index is 11.6. The number of carbonyl (C=O) groups is 2. The Bertz CT molecular complexity index is 1030. The Labute approximate surface area is 161 Å². The van der Waals surface area contributed by atoms with Crippen molar-refractivity contribution in [3.8, 4) is 11.4 Å². The van der Waals surface area contributed by atoms with Crippen LogP contribution in [0.4, 0.5) is 4.79 Å². The Morgan fingerprint density at radius 2 is 2.04 bits per heavy atom. The molecule has 1 atom stereocenters. The molecule has 2 aromatic carbocycles. The molecule has 8 nitrogen and oxygen atoms in total. The zero-order valence-corrected chi connectivity index (χ0v) is 15.2. The zero-order chi connectivity index (χ0) is 19.7. The van der Waals surface area contributed by atoms with Gasteiger partial charge < -0.3 is 21.1 Å². The number of carbonyl (C=O) groups excluding carboxylic acids is 1. The molecular weight excluding hydrogens is 358 g/mol. The van der Waals surface area contributed by atoms with E-state index in [4.69, 9.17) is 10.8 Å². The van der Waals surface area contributed by atoms with Gasteiger partial charge in [0.2, 0.25) is 0 Å². The first-order chi connectivity index (χ1) is 13.5. The quantitative estimate of drug-likeness (QED) is 0.541. The fraction of sp³-hybridized carbons (Fsp3) is 0.250. The van der Waals surface area contributed by atoms with E-state index < -0.39 is 12.0 Å². The van der Waals surface area contributed by atoms with Crippen LogP contribution < -0.4 is 11.1 Å². The summed E-state index contributed by atoms with van der Waals surface area (Å²) in [5.74, 6) is 0.183. The summed E-state index contributed by atoms with van der Waals surface area (Å²) in [6.45, 7) is 2.35. The van der Waals surface area contributed by atoms with E-state index in [0.29, 0.717) is 23.4 Å². The highest BCUT2D eigenvalue weighted by Crippen LogP contribution is 2.24. The van der Waals surface area contributed by atoms with Crippen molar-refractivity contribution in [2.24, 2.45) is 5.73 Å². The third-order valence-corrected chi connectivity index (χ3v) is 5.01. The minimum Gasteiger partial charge on any atom is -0.465 e. The number of fused-ring (bicyclic) bond motifs is 1. The molecule has 28 heavy (non-hydrogen) atoms. The minimum absolute atomic E-state index is 0.00762. The SMILES string of the molecule is NC(=O)c1cccc2[nH]c(-c3ccc(CN4CCC(NC(=O)O)C4)cc3)nc12. The first-order valence-corrected chi connectivity index (χ1v) is 9.09. The first-order valence-electron chi connectivity index (χ1n) is 9.09. The molecule has 0 radical (unpaired) electrons. The fourth-order valence-electron chi connectivity index (χ4n) is 3.66. The second kappa shape index (κ2) is 7.32. The van der Waals surface area contributed by atoms with Crippen molar-refractivity contribution >= 4 is 23.0 Å². The van der Waals surface area contributed by atoms with Gasteiger partial charge >= 0.3 is 6.09 Å². The Morgan fingerprint density at radius 1 is 1.25 bits per heavy atom. The van der Waals surface area contributed by atoms with Crippen molar-refractivity contribution < 1.29 is 14.7 Å². The molecule has 3 aromatic rings. The van der Waals surface area contributed by atoms with Gasteiger partial charge in [-0.15, -0.1) is 0 Å². The van der Waals surface area contributed by atoms with Crippen LogP contribution in [0, 0.1) is 0 Å². The van der Waals surface area contributed by atoms with E-state index in [1.54, 1.807) is 12.1 Å². The van der Waals surface area contributed by atoms with Crippen molar-refractivity contribution in [3.63, 3.8) is 0 Å². The van der Waals surface area contributed by atoms with Gasteiger partial charge in [-0.1, -0.05) is 30.3 Å². The summed E-state index contributed by atoms with van der Waals surface area (Å²) in [7, 11) is 0. The van der Waals surface area contributed by atoms with Crippen molar-refractivity contribution in [2.75, 3.05) is 13.1 Å². The molecule has 1 aliphatic rings. The smallest absolute Gasteiger partial charge is 0.404 e. The van der Waals surface area contributed by atoms with E-state index >= 15 is 0 Å². The maximum Gasteiger partial charge on any atom is 0.404 e. The number of hydrogen-bond acceptors (Lipinski definition) is 4. The van der Waals surface area contributed by atoms with Crippen molar-refractivity contribution in [1.82, 2.24) is 20.2 Å². The lowest BCUT2D eigenvalue weighted by Crippen LogP contribution is -2.35. The van der Waals surface area contributed by atoms with E-state index in [-0.39, 0.29) is 6.04 Å². The van der Waals surface area contributed by atoms with Gasteiger partial charge in [0.15, 0.2) is 0 Å². The molecule has 4 rings (SSSR count). The number of amides is 2. The zero-order valence-electron chi connectivity index (χ0n) is 15.2. The number of primary amides is 1. The fourth-order valence-corrected chi connectivity index (χ4v) is 3.66. The van der Waals surface area contributed by atoms with Gasteiger partial charge in [0, 0.05) is 31.2 Å². The lowest BCUT2D eigenvalue weighted by molar-refractivity contribution is 0.100. The van der Waals surface area contributed by atoms with Crippen LogP contribution >= 0.6 is 0 Å². The summed E-state index contributed by atoms with van der Waals surface area (Å²) in [6.07, 6.45) is -0.146. The van der Waals surface area contributed by atoms with Crippen LogP contribution in [0.3, 0.4) is 0 Å². The molecule has 5 N–H and O–H groups in total. The Hall–Kier alpha value is -3.39. The summed E-state index contributed by atoms with van der Waals surface area (Å²) >= 11 is 0. The molecule has 144 valence electrons. The Balaban J connectivity index is 1.48. The molecule has 1 aliphatic heterocycles.